The SMILES string of the molecule is O=C(Nc1ccc(F)c(Cl)c1)C1CCN(C(=O)Cc2ccccc2F)CC1. The summed E-state index contributed by atoms with van der Waals surface area (Å²) in [6.07, 6.45) is 1.05. The number of halogens is 3. The average molecular weight is 393 g/mol. The van der Waals surface area contributed by atoms with E-state index in [1.807, 2.05) is 0 Å². The summed E-state index contributed by atoms with van der Waals surface area (Å²) < 4.78 is 26.9. The fourth-order valence-electron chi connectivity index (χ4n) is 3.13. The van der Waals surface area contributed by atoms with E-state index in [-0.39, 0.29) is 29.2 Å². The number of hydrogen-bond donors (Lipinski definition) is 1. The Morgan fingerprint density at radius 2 is 1.78 bits per heavy atom. The van der Waals surface area contributed by atoms with Crippen LogP contribution in [0.2, 0.25) is 5.02 Å². The highest BCUT2D eigenvalue weighted by molar-refractivity contribution is 6.31. The van der Waals surface area contributed by atoms with E-state index in [0.29, 0.717) is 37.2 Å². The molecule has 2 aromatic carbocycles. The van der Waals surface area contributed by atoms with Gasteiger partial charge in [-0.05, 0) is 42.7 Å². The van der Waals surface area contributed by atoms with Crippen molar-refractivity contribution in [3.8, 4) is 0 Å². The van der Waals surface area contributed by atoms with Gasteiger partial charge in [-0.1, -0.05) is 29.8 Å². The van der Waals surface area contributed by atoms with Crippen LogP contribution in [0.15, 0.2) is 42.5 Å². The Labute approximate surface area is 161 Å². The quantitative estimate of drug-likeness (QED) is 0.853. The molecule has 0 spiro atoms. The molecule has 0 saturated carbocycles. The monoisotopic (exact) mass is 392 g/mol. The number of hydrogen-bond acceptors (Lipinski definition) is 2. The van der Waals surface area contributed by atoms with Crippen LogP contribution in [-0.2, 0) is 16.0 Å². The fraction of sp³-hybridized carbons (Fsp3) is 0.300. The molecule has 1 heterocycles. The van der Waals surface area contributed by atoms with E-state index in [9.17, 15) is 18.4 Å². The molecule has 1 aliphatic rings. The van der Waals surface area contributed by atoms with Gasteiger partial charge in [-0.3, -0.25) is 9.59 Å². The maximum atomic E-state index is 13.7. The summed E-state index contributed by atoms with van der Waals surface area (Å²) in [6.45, 7) is 0.880. The highest BCUT2D eigenvalue weighted by Crippen LogP contribution is 2.23. The van der Waals surface area contributed by atoms with Crippen molar-refractivity contribution in [2.45, 2.75) is 19.3 Å². The van der Waals surface area contributed by atoms with Gasteiger partial charge in [0.2, 0.25) is 11.8 Å². The largest absolute Gasteiger partial charge is 0.342 e. The molecule has 2 amide bonds. The zero-order valence-electron chi connectivity index (χ0n) is 14.6. The van der Waals surface area contributed by atoms with Crippen LogP contribution >= 0.6 is 11.6 Å². The lowest BCUT2D eigenvalue weighted by Gasteiger charge is -2.31. The lowest BCUT2D eigenvalue weighted by molar-refractivity contribution is -0.133. The number of rotatable bonds is 4. The molecule has 7 heteroatoms. The van der Waals surface area contributed by atoms with Crippen LogP contribution in [0, 0.1) is 17.6 Å². The Bertz CT molecular complexity index is 852. The van der Waals surface area contributed by atoms with Gasteiger partial charge in [-0.25, -0.2) is 8.78 Å². The summed E-state index contributed by atoms with van der Waals surface area (Å²) >= 11 is 5.72. The van der Waals surface area contributed by atoms with E-state index in [2.05, 4.69) is 5.32 Å². The number of benzene rings is 2. The summed E-state index contributed by atoms with van der Waals surface area (Å²) in [7, 11) is 0. The van der Waals surface area contributed by atoms with Gasteiger partial charge < -0.3 is 10.2 Å². The molecule has 4 nitrogen and oxygen atoms in total. The highest BCUT2D eigenvalue weighted by atomic mass is 35.5. The number of carbonyl (C=O) groups is 2. The zero-order chi connectivity index (χ0) is 19.4. The molecule has 0 aromatic heterocycles. The second-order valence-electron chi connectivity index (χ2n) is 6.54. The molecule has 1 saturated heterocycles. The van der Waals surface area contributed by atoms with Gasteiger partial charge in [0.25, 0.3) is 0 Å². The summed E-state index contributed by atoms with van der Waals surface area (Å²) in [5.74, 6) is -1.51. The number of likely N-dealkylation sites (tertiary alicyclic amines) is 1. The van der Waals surface area contributed by atoms with Crippen molar-refractivity contribution < 1.29 is 18.4 Å². The first kappa shape index (κ1) is 19.3. The zero-order valence-corrected chi connectivity index (χ0v) is 15.3. The number of anilines is 1. The number of piperidine rings is 1. The minimum absolute atomic E-state index is 0.0115. The second-order valence-corrected chi connectivity index (χ2v) is 6.95. The Hall–Kier alpha value is -2.47. The topological polar surface area (TPSA) is 49.4 Å². The van der Waals surface area contributed by atoms with Gasteiger partial charge in [-0.15, -0.1) is 0 Å². The van der Waals surface area contributed by atoms with E-state index < -0.39 is 11.6 Å². The molecule has 0 atom stereocenters. The Morgan fingerprint density at radius 1 is 1.07 bits per heavy atom. The summed E-state index contributed by atoms with van der Waals surface area (Å²) in [5, 5.41) is 2.67. The summed E-state index contributed by atoms with van der Waals surface area (Å²) in [6, 6.07) is 10.2. The van der Waals surface area contributed by atoms with Gasteiger partial charge in [0.05, 0.1) is 11.4 Å². The average Bonchev–Trinajstić information content (AvgIpc) is 2.66. The smallest absolute Gasteiger partial charge is 0.227 e. The number of nitrogens with one attached hydrogen (secondary N) is 1. The predicted molar refractivity (Wildman–Crippen MR) is 99.4 cm³/mol. The molecule has 3 rings (SSSR count). The number of amides is 2. The van der Waals surface area contributed by atoms with Gasteiger partial charge in [0.1, 0.15) is 11.6 Å². The third-order valence-electron chi connectivity index (χ3n) is 4.71. The van der Waals surface area contributed by atoms with Crippen LogP contribution in [0.25, 0.3) is 0 Å². The molecule has 0 bridgehead atoms. The first-order chi connectivity index (χ1) is 12.9. The standard InChI is InChI=1S/C20H19ClF2N2O2/c21-16-12-15(5-6-18(16)23)24-20(27)13-7-9-25(10-8-13)19(26)11-14-3-1-2-4-17(14)22/h1-6,12-13H,7-11H2,(H,24,27). The van der Waals surface area contributed by atoms with Crippen molar-refractivity contribution in [1.29, 1.82) is 0 Å². The molecular formula is C20H19ClF2N2O2. The lowest BCUT2D eigenvalue weighted by Crippen LogP contribution is -2.42. The van der Waals surface area contributed by atoms with Gasteiger partial charge in [0, 0.05) is 24.7 Å². The Kier molecular flexibility index (Phi) is 6.06. The fourth-order valence-corrected chi connectivity index (χ4v) is 3.31. The molecule has 1 fully saturated rings. The molecule has 1 aliphatic heterocycles. The van der Waals surface area contributed by atoms with Crippen LogP contribution < -0.4 is 5.32 Å². The molecule has 0 radical (unpaired) electrons. The summed E-state index contributed by atoms with van der Waals surface area (Å²) in [5.41, 5.74) is 0.806. The van der Waals surface area contributed by atoms with Crippen LogP contribution in [0.5, 0.6) is 0 Å². The van der Waals surface area contributed by atoms with Crippen LogP contribution in [0.3, 0.4) is 0 Å². The van der Waals surface area contributed by atoms with Crippen molar-refractivity contribution in [2.75, 3.05) is 18.4 Å². The van der Waals surface area contributed by atoms with E-state index >= 15 is 0 Å². The van der Waals surface area contributed by atoms with E-state index in [1.54, 1.807) is 23.1 Å². The third kappa shape index (κ3) is 4.83. The second kappa shape index (κ2) is 8.48. The van der Waals surface area contributed by atoms with Crippen LogP contribution in [0.4, 0.5) is 14.5 Å². The lowest BCUT2D eigenvalue weighted by atomic mass is 9.95. The first-order valence-corrected chi connectivity index (χ1v) is 9.09. The number of carbonyl (C=O) groups excluding carboxylic acids is 2. The van der Waals surface area contributed by atoms with E-state index in [4.69, 9.17) is 11.6 Å². The van der Waals surface area contributed by atoms with E-state index in [0.717, 1.165) is 0 Å². The molecular weight excluding hydrogens is 374 g/mol. The van der Waals surface area contributed by atoms with Crippen molar-refractivity contribution >= 4 is 29.1 Å². The van der Waals surface area contributed by atoms with Gasteiger partial charge in [0.15, 0.2) is 0 Å². The molecule has 0 unspecified atom stereocenters. The maximum Gasteiger partial charge on any atom is 0.227 e. The first-order valence-electron chi connectivity index (χ1n) is 8.71. The molecule has 2 aromatic rings. The van der Waals surface area contributed by atoms with Crippen molar-refractivity contribution in [2.24, 2.45) is 5.92 Å². The van der Waals surface area contributed by atoms with Crippen molar-refractivity contribution in [3.05, 3.63) is 64.7 Å². The normalized spacial score (nSPS) is 14.9. The van der Waals surface area contributed by atoms with Crippen molar-refractivity contribution in [1.82, 2.24) is 4.90 Å². The molecule has 1 N–H and O–H groups in total. The highest BCUT2D eigenvalue weighted by Gasteiger charge is 2.27. The molecule has 142 valence electrons. The van der Waals surface area contributed by atoms with Crippen molar-refractivity contribution in [3.63, 3.8) is 0 Å². The van der Waals surface area contributed by atoms with Gasteiger partial charge >= 0.3 is 0 Å². The third-order valence-corrected chi connectivity index (χ3v) is 4.99. The summed E-state index contributed by atoms with van der Waals surface area (Å²) in [4.78, 5) is 26.4. The Morgan fingerprint density at radius 3 is 2.44 bits per heavy atom. The molecule has 27 heavy (non-hydrogen) atoms. The Balaban J connectivity index is 1.52. The van der Waals surface area contributed by atoms with Crippen LogP contribution in [-0.4, -0.2) is 29.8 Å². The maximum absolute atomic E-state index is 13.7. The minimum Gasteiger partial charge on any atom is -0.342 e. The number of nitrogens with zero attached hydrogens (tertiary/aromatic N) is 1. The minimum atomic E-state index is -0.545. The van der Waals surface area contributed by atoms with Gasteiger partial charge in [-0.2, -0.15) is 0 Å². The van der Waals surface area contributed by atoms with Crippen LogP contribution in [0.1, 0.15) is 18.4 Å². The predicted octanol–water partition coefficient (Wildman–Crippen LogP) is 4.04. The van der Waals surface area contributed by atoms with E-state index in [1.165, 1.54) is 24.3 Å². The molecule has 0 aliphatic carbocycles.